The molecular formula is C11H15N3O3S. The molecule has 1 aromatic rings. The standard InChI is InChI=1S/C11H15N3O3S/c1-10(17-2)9-18(15,16)14(8-6-12)11-5-3-4-7-13-11/h3-5,7,10H,8-9H2,1-2H3. The zero-order valence-electron chi connectivity index (χ0n) is 10.3. The van der Waals surface area contributed by atoms with Gasteiger partial charge in [-0.3, -0.25) is 0 Å². The molecule has 0 spiro atoms. The van der Waals surface area contributed by atoms with Gasteiger partial charge >= 0.3 is 0 Å². The van der Waals surface area contributed by atoms with Gasteiger partial charge in [-0.05, 0) is 19.1 Å². The van der Waals surface area contributed by atoms with Crippen LogP contribution in [0.3, 0.4) is 0 Å². The first-order valence-electron chi connectivity index (χ1n) is 5.32. The van der Waals surface area contributed by atoms with Crippen LogP contribution in [0.1, 0.15) is 6.92 Å². The van der Waals surface area contributed by atoms with Gasteiger partial charge in [0.1, 0.15) is 12.4 Å². The summed E-state index contributed by atoms with van der Waals surface area (Å²) in [5.41, 5.74) is 0. The molecule has 0 aliphatic carbocycles. The van der Waals surface area contributed by atoms with E-state index in [0.717, 1.165) is 4.31 Å². The van der Waals surface area contributed by atoms with Crippen LogP contribution in [0, 0.1) is 11.3 Å². The minimum Gasteiger partial charge on any atom is -0.381 e. The Labute approximate surface area is 107 Å². The molecule has 0 saturated carbocycles. The lowest BCUT2D eigenvalue weighted by Crippen LogP contribution is -2.37. The van der Waals surface area contributed by atoms with E-state index >= 15 is 0 Å². The largest absolute Gasteiger partial charge is 0.381 e. The van der Waals surface area contributed by atoms with Crippen LogP contribution in [0.4, 0.5) is 5.82 Å². The van der Waals surface area contributed by atoms with Gasteiger partial charge in [0.2, 0.25) is 10.0 Å². The number of methoxy groups -OCH3 is 1. The quantitative estimate of drug-likeness (QED) is 0.712. The summed E-state index contributed by atoms with van der Waals surface area (Å²) in [7, 11) is -2.19. The molecule has 0 radical (unpaired) electrons. The minimum atomic E-state index is -3.63. The van der Waals surface area contributed by atoms with E-state index in [1.807, 2.05) is 6.07 Å². The van der Waals surface area contributed by atoms with E-state index in [1.54, 1.807) is 25.1 Å². The zero-order chi connectivity index (χ0) is 13.6. The number of anilines is 1. The third kappa shape index (κ3) is 3.68. The molecule has 1 aromatic heterocycles. The van der Waals surface area contributed by atoms with Gasteiger partial charge in [-0.2, -0.15) is 5.26 Å². The van der Waals surface area contributed by atoms with Crippen molar-refractivity contribution in [3.8, 4) is 6.07 Å². The number of pyridine rings is 1. The van der Waals surface area contributed by atoms with Crippen molar-refractivity contribution in [3.63, 3.8) is 0 Å². The monoisotopic (exact) mass is 269 g/mol. The van der Waals surface area contributed by atoms with E-state index in [0.29, 0.717) is 0 Å². The molecule has 0 amide bonds. The van der Waals surface area contributed by atoms with E-state index in [2.05, 4.69) is 4.98 Å². The van der Waals surface area contributed by atoms with Crippen molar-refractivity contribution in [2.24, 2.45) is 0 Å². The molecule has 0 N–H and O–H groups in total. The van der Waals surface area contributed by atoms with Crippen molar-refractivity contribution in [1.82, 2.24) is 4.98 Å². The van der Waals surface area contributed by atoms with Crippen LogP contribution in [0.15, 0.2) is 24.4 Å². The average Bonchev–Trinajstić information content (AvgIpc) is 2.36. The average molecular weight is 269 g/mol. The van der Waals surface area contributed by atoms with E-state index < -0.39 is 16.1 Å². The van der Waals surface area contributed by atoms with E-state index in [4.69, 9.17) is 10.00 Å². The first-order chi connectivity index (χ1) is 8.51. The Morgan fingerprint density at radius 3 is 2.78 bits per heavy atom. The number of hydrogen-bond donors (Lipinski definition) is 0. The SMILES string of the molecule is COC(C)CS(=O)(=O)N(CC#N)c1ccccn1. The first-order valence-corrected chi connectivity index (χ1v) is 6.93. The molecule has 1 atom stereocenters. The second kappa shape index (κ2) is 6.33. The van der Waals surface area contributed by atoms with Gasteiger partial charge in [0, 0.05) is 13.3 Å². The van der Waals surface area contributed by atoms with Crippen molar-refractivity contribution < 1.29 is 13.2 Å². The summed E-state index contributed by atoms with van der Waals surface area (Å²) in [6, 6.07) is 6.73. The fourth-order valence-corrected chi connectivity index (χ4v) is 2.90. The second-order valence-corrected chi connectivity index (χ2v) is 5.62. The zero-order valence-corrected chi connectivity index (χ0v) is 11.1. The molecule has 0 saturated heterocycles. The summed E-state index contributed by atoms with van der Waals surface area (Å²) in [6.45, 7) is 1.39. The molecular weight excluding hydrogens is 254 g/mol. The third-order valence-corrected chi connectivity index (χ3v) is 4.18. The van der Waals surface area contributed by atoms with Crippen molar-refractivity contribution >= 4 is 15.8 Å². The Kier molecular flexibility index (Phi) is 5.07. The smallest absolute Gasteiger partial charge is 0.239 e. The summed E-state index contributed by atoms with van der Waals surface area (Å²) in [6.07, 6.45) is 1.04. The summed E-state index contributed by atoms with van der Waals surface area (Å²) < 4.78 is 30.2. The van der Waals surface area contributed by atoms with Crippen LogP contribution in [0.5, 0.6) is 0 Å². The summed E-state index contributed by atoms with van der Waals surface area (Å²) in [4.78, 5) is 3.95. The molecule has 1 rings (SSSR count). The molecule has 1 heterocycles. The van der Waals surface area contributed by atoms with Crippen molar-refractivity contribution in [2.45, 2.75) is 13.0 Å². The lowest BCUT2D eigenvalue weighted by atomic mass is 10.4. The molecule has 7 heteroatoms. The molecule has 98 valence electrons. The predicted molar refractivity (Wildman–Crippen MR) is 67.5 cm³/mol. The van der Waals surface area contributed by atoms with Crippen molar-refractivity contribution in [1.29, 1.82) is 5.26 Å². The lowest BCUT2D eigenvalue weighted by molar-refractivity contribution is 0.136. The molecule has 0 aliphatic heterocycles. The summed E-state index contributed by atoms with van der Waals surface area (Å²) >= 11 is 0. The molecule has 0 bridgehead atoms. The minimum absolute atomic E-state index is 0.193. The highest BCUT2D eigenvalue weighted by atomic mass is 32.2. The molecule has 0 aliphatic rings. The molecule has 1 unspecified atom stereocenters. The number of nitrogens with zero attached hydrogens (tertiary/aromatic N) is 3. The van der Waals surface area contributed by atoms with E-state index in [1.165, 1.54) is 13.3 Å². The molecule has 6 nitrogen and oxygen atoms in total. The highest BCUT2D eigenvalue weighted by molar-refractivity contribution is 7.92. The van der Waals surface area contributed by atoms with Crippen molar-refractivity contribution in [2.75, 3.05) is 23.7 Å². The third-order valence-electron chi connectivity index (χ3n) is 2.30. The van der Waals surface area contributed by atoms with Gasteiger partial charge in [-0.15, -0.1) is 0 Å². The van der Waals surface area contributed by atoms with E-state index in [-0.39, 0.29) is 18.1 Å². The van der Waals surface area contributed by atoms with E-state index in [9.17, 15) is 8.42 Å². The Balaban J connectivity index is 3.03. The number of hydrogen-bond acceptors (Lipinski definition) is 5. The van der Waals surface area contributed by atoms with Gasteiger partial charge in [0.05, 0.1) is 17.9 Å². The number of sulfonamides is 1. The van der Waals surface area contributed by atoms with Gasteiger partial charge in [-0.1, -0.05) is 6.07 Å². The predicted octanol–water partition coefficient (Wildman–Crippen LogP) is 0.776. The number of ether oxygens (including phenoxy) is 1. The van der Waals surface area contributed by atoms with Gasteiger partial charge < -0.3 is 4.74 Å². The highest BCUT2D eigenvalue weighted by Crippen LogP contribution is 2.15. The fraction of sp³-hybridized carbons (Fsp3) is 0.455. The lowest BCUT2D eigenvalue weighted by Gasteiger charge is -2.22. The number of nitriles is 1. The fourth-order valence-electron chi connectivity index (χ4n) is 1.34. The molecule has 0 fully saturated rings. The van der Waals surface area contributed by atoms with Gasteiger partial charge in [0.15, 0.2) is 0 Å². The number of aromatic nitrogens is 1. The van der Waals surface area contributed by atoms with Crippen LogP contribution in [0.2, 0.25) is 0 Å². The topological polar surface area (TPSA) is 83.3 Å². The van der Waals surface area contributed by atoms with Gasteiger partial charge in [-0.25, -0.2) is 17.7 Å². The Morgan fingerprint density at radius 1 is 1.56 bits per heavy atom. The van der Waals surface area contributed by atoms with Gasteiger partial charge in [0.25, 0.3) is 0 Å². The van der Waals surface area contributed by atoms with Crippen LogP contribution < -0.4 is 4.31 Å². The van der Waals surface area contributed by atoms with Crippen LogP contribution >= 0.6 is 0 Å². The highest BCUT2D eigenvalue weighted by Gasteiger charge is 2.25. The Hall–Kier alpha value is -1.65. The Bertz CT molecular complexity index is 510. The van der Waals surface area contributed by atoms with Crippen LogP contribution in [-0.4, -0.2) is 38.9 Å². The van der Waals surface area contributed by atoms with Crippen molar-refractivity contribution in [3.05, 3.63) is 24.4 Å². The number of rotatable bonds is 6. The van der Waals surface area contributed by atoms with Crippen LogP contribution in [-0.2, 0) is 14.8 Å². The Morgan fingerprint density at radius 2 is 2.28 bits per heavy atom. The summed E-state index contributed by atoms with van der Waals surface area (Å²) in [5, 5.41) is 8.74. The normalized spacial score (nSPS) is 12.7. The van der Waals surface area contributed by atoms with Crippen LogP contribution in [0.25, 0.3) is 0 Å². The first kappa shape index (κ1) is 14.4. The molecule has 18 heavy (non-hydrogen) atoms. The maximum atomic E-state index is 12.1. The second-order valence-electron chi connectivity index (χ2n) is 3.68. The maximum absolute atomic E-state index is 12.1. The molecule has 0 aromatic carbocycles. The summed E-state index contributed by atoms with van der Waals surface area (Å²) in [5.74, 6) is 0.0456. The maximum Gasteiger partial charge on any atom is 0.239 e.